The number of amides is 1. The standard InChI is InChI=1S/C16H15N3OS/c17-15(21)12-7-8-13(18-10-12)16(20)19-9-3-5-11-4-1-2-6-14(11)19/h1-2,4,6-8,10H,3,5,9H2,(H2,17,21). The second kappa shape index (κ2) is 5.61. The first kappa shape index (κ1) is 13.7. The number of hydrogen-bond donors (Lipinski definition) is 1. The molecule has 2 N–H and O–H groups in total. The van der Waals surface area contributed by atoms with Crippen LogP contribution in [-0.4, -0.2) is 22.4 Å². The molecule has 0 atom stereocenters. The maximum absolute atomic E-state index is 12.6. The number of anilines is 1. The molecule has 1 aliphatic heterocycles. The topological polar surface area (TPSA) is 59.2 Å². The first-order chi connectivity index (χ1) is 10.2. The third kappa shape index (κ3) is 2.64. The number of nitrogens with two attached hydrogens (primary N) is 1. The van der Waals surface area contributed by atoms with Crippen LogP contribution in [0, 0.1) is 0 Å². The number of aromatic nitrogens is 1. The van der Waals surface area contributed by atoms with Crippen LogP contribution in [0.2, 0.25) is 0 Å². The lowest BCUT2D eigenvalue weighted by Crippen LogP contribution is -2.36. The molecule has 0 bridgehead atoms. The second-order valence-corrected chi connectivity index (χ2v) is 5.43. The molecular formula is C16H15N3OS. The summed E-state index contributed by atoms with van der Waals surface area (Å²) in [6.07, 6.45) is 3.52. The first-order valence-corrected chi connectivity index (χ1v) is 7.23. The van der Waals surface area contributed by atoms with E-state index in [9.17, 15) is 4.79 Å². The predicted octanol–water partition coefficient (Wildman–Crippen LogP) is 2.31. The number of hydrogen-bond acceptors (Lipinski definition) is 3. The number of rotatable bonds is 2. The number of carbonyl (C=O) groups excluding carboxylic acids is 1. The molecule has 0 saturated carbocycles. The van der Waals surface area contributed by atoms with E-state index in [1.165, 1.54) is 5.56 Å². The monoisotopic (exact) mass is 297 g/mol. The highest BCUT2D eigenvalue weighted by Gasteiger charge is 2.23. The molecule has 0 spiro atoms. The van der Waals surface area contributed by atoms with Gasteiger partial charge in [0.25, 0.3) is 5.91 Å². The van der Waals surface area contributed by atoms with E-state index in [0.29, 0.717) is 17.8 Å². The molecule has 1 aromatic heterocycles. The zero-order valence-electron chi connectivity index (χ0n) is 11.5. The summed E-state index contributed by atoms with van der Waals surface area (Å²) in [5.74, 6) is -0.0864. The summed E-state index contributed by atoms with van der Waals surface area (Å²) in [4.78, 5) is 18.9. The summed E-state index contributed by atoms with van der Waals surface area (Å²) >= 11 is 4.89. The molecule has 4 nitrogen and oxygen atoms in total. The lowest BCUT2D eigenvalue weighted by atomic mass is 10.0. The molecule has 3 rings (SSSR count). The maximum Gasteiger partial charge on any atom is 0.276 e. The van der Waals surface area contributed by atoms with E-state index in [-0.39, 0.29) is 10.9 Å². The van der Waals surface area contributed by atoms with Gasteiger partial charge in [-0.1, -0.05) is 30.4 Å². The van der Waals surface area contributed by atoms with Crippen molar-refractivity contribution in [1.29, 1.82) is 0 Å². The van der Waals surface area contributed by atoms with E-state index in [2.05, 4.69) is 11.1 Å². The van der Waals surface area contributed by atoms with Crippen LogP contribution in [0.15, 0.2) is 42.6 Å². The highest BCUT2D eigenvalue weighted by Crippen LogP contribution is 2.27. The normalized spacial score (nSPS) is 13.6. The lowest BCUT2D eigenvalue weighted by molar-refractivity contribution is 0.0980. The van der Waals surface area contributed by atoms with Gasteiger partial charge in [-0.05, 0) is 36.6 Å². The number of para-hydroxylation sites is 1. The molecule has 2 heterocycles. The van der Waals surface area contributed by atoms with Crippen molar-refractivity contribution >= 4 is 28.8 Å². The van der Waals surface area contributed by atoms with Crippen LogP contribution in [0.25, 0.3) is 0 Å². The maximum atomic E-state index is 12.6. The van der Waals surface area contributed by atoms with E-state index in [0.717, 1.165) is 18.5 Å². The average molecular weight is 297 g/mol. The number of fused-ring (bicyclic) bond motifs is 1. The van der Waals surface area contributed by atoms with Crippen molar-refractivity contribution in [2.24, 2.45) is 5.73 Å². The highest BCUT2D eigenvalue weighted by atomic mass is 32.1. The molecule has 2 aromatic rings. The number of aryl methyl sites for hydroxylation is 1. The molecule has 0 unspecified atom stereocenters. The molecule has 21 heavy (non-hydrogen) atoms. The molecule has 0 radical (unpaired) electrons. The Bertz CT molecular complexity index is 697. The third-order valence-corrected chi connectivity index (χ3v) is 3.86. The van der Waals surface area contributed by atoms with Crippen LogP contribution >= 0.6 is 12.2 Å². The molecule has 0 aliphatic carbocycles. The zero-order valence-corrected chi connectivity index (χ0v) is 12.3. The van der Waals surface area contributed by atoms with Crippen molar-refractivity contribution in [2.75, 3.05) is 11.4 Å². The van der Waals surface area contributed by atoms with Crippen LogP contribution < -0.4 is 10.6 Å². The Balaban J connectivity index is 1.91. The lowest BCUT2D eigenvalue weighted by Gasteiger charge is -2.29. The fourth-order valence-electron chi connectivity index (χ4n) is 2.55. The second-order valence-electron chi connectivity index (χ2n) is 4.99. The van der Waals surface area contributed by atoms with Crippen molar-refractivity contribution in [1.82, 2.24) is 4.98 Å². The van der Waals surface area contributed by atoms with Crippen molar-refractivity contribution < 1.29 is 4.79 Å². The van der Waals surface area contributed by atoms with Gasteiger partial charge in [0.2, 0.25) is 0 Å². The minimum Gasteiger partial charge on any atom is -0.389 e. The smallest absolute Gasteiger partial charge is 0.276 e. The Morgan fingerprint density at radius 2 is 2.05 bits per heavy atom. The first-order valence-electron chi connectivity index (χ1n) is 6.82. The van der Waals surface area contributed by atoms with Crippen LogP contribution in [0.4, 0.5) is 5.69 Å². The number of pyridine rings is 1. The van der Waals surface area contributed by atoms with E-state index in [1.807, 2.05) is 18.2 Å². The molecule has 1 aromatic carbocycles. The Morgan fingerprint density at radius 3 is 2.76 bits per heavy atom. The summed E-state index contributed by atoms with van der Waals surface area (Å²) in [5, 5.41) is 0. The van der Waals surface area contributed by atoms with E-state index in [1.54, 1.807) is 23.2 Å². The third-order valence-electron chi connectivity index (χ3n) is 3.62. The number of benzene rings is 1. The molecule has 0 fully saturated rings. The van der Waals surface area contributed by atoms with Gasteiger partial charge in [-0.15, -0.1) is 0 Å². The SMILES string of the molecule is NC(=S)c1ccc(C(=O)N2CCCc3ccccc32)nc1. The van der Waals surface area contributed by atoms with Crippen LogP contribution in [0.5, 0.6) is 0 Å². The van der Waals surface area contributed by atoms with E-state index in [4.69, 9.17) is 18.0 Å². The fourth-order valence-corrected chi connectivity index (χ4v) is 2.67. The molecule has 5 heteroatoms. The summed E-state index contributed by atoms with van der Waals surface area (Å²) in [7, 11) is 0. The van der Waals surface area contributed by atoms with E-state index < -0.39 is 0 Å². The van der Waals surface area contributed by atoms with Crippen LogP contribution in [0.3, 0.4) is 0 Å². The number of nitrogens with zero attached hydrogens (tertiary/aromatic N) is 2. The van der Waals surface area contributed by atoms with Gasteiger partial charge < -0.3 is 10.6 Å². The van der Waals surface area contributed by atoms with Gasteiger partial charge in [0.05, 0.1) is 0 Å². The van der Waals surface area contributed by atoms with Gasteiger partial charge in [-0.2, -0.15) is 0 Å². The Kier molecular flexibility index (Phi) is 3.66. The summed E-state index contributed by atoms with van der Waals surface area (Å²) in [5.41, 5.74) is 8.80. The summed E-state index contributed by atoms with van der Waals surface area (Å²) in [6.45, 7) is 0.717. The Labute approximate surface area is 128 Å². The Morgan fingerprint density at radius 1 is 1.24 bits per heavy atom. The number of carbonyl (C=O) groups is 1. The largest absolute Gasteiger partial charge is 0.389 e. The van der Waals surface area contributed by atoms with Crippen molar-refractivity contribution in [3.8, 4) is 0 Å². The quantitative estimate of drug-likeness (QED) is 0.864. The van der Waals surface area contributed by atoms with Crippen molar-refractivity contribution in [3.05, 3.63) is 59.4 Å². The van der Waals surface area contributed by atoms with Crippen LogP contribution in [0.1, 0.15) is 28.0 Å². The average Bonchev–Trinajstić information content (AvgIpc) is 2.53. The van der Waals surface area contributed by atoms with Gasteiger partial charge in [0, 0.05) is 24.0 Å². The minimum absolute atomic E-state index is 0.0864. The molecule has 0 saturated heterocycles. The van der Waals surface area contributed by atoms with E-state index >= 15 is 0 Å². The molecule has 1 amide bonds. The minimum atomic E-state index is -0.0864. The van der Waals surface area contributed by atoms with Gasteiger partial charge in [-0.25, -0.2) is 0 Å². The fraction of sp³-hybridized carbons (Fsp3) is 0.188. The van der Waals surface area contributed by atoms with Crippen molar-refractivity contribution in [2.45, 2.75) is 12.8 Å². The predicted molar refractivity (Wildman–Crippen MR) is 86.6 cm³/mol. The molecule has 106 valence electrons. The summed E-state index contributed by atoms with van der Waals surface area (Å²) in [6, 6.07) is 11.4. The zero-order chi connectivity index (χ0) is 14.8. The van der Waals surface area contributed by atoms with Crippen molar-refractivity contribution in [3.63, 3.8) is 0 Å². The highest BCUT2D eigenvalue weighted by molar-refractivity contribution is 7.80. The van der Waals surface area contributed by atoms with Gasteiger partial charge in [0.15, 0.2) is 0 Å². The molecular weight excluding hydrogens is 282 g/mol. The summed E-state index contributed by atoms with van der Waals surface area (Å²) < 4.78 is 0. The van der Waals surface area contributed by atoms with Gasteiger partial charge in [-0.3, -0.25) is 9.78 Å². The van der Waals surface area contributed by atoms with Crippen LogP contribution in [-0.2, 0) is 6.42 Å². The Hall–Kier alpha value is -2.27. The van der Waals surface area contributed by atoms with Gasteiger partial charge >= 0.3 is 0 Å². The van der Waals surface area contributed by atoms with Gasteiger partial charge in [0.1, 0.15) is 10.7 Å². The number of thiocarbonyl (C=S) groups is 1. The molecule has 1 aliphatic rings.